The number of carbonyl (C=O) groups is 1. The van der Waals surface area contributed by atoms with Crippen LogP contribution in [0, 0.1) is 16.0 Å². The lowest BCUT2D eigenvalue weighted by Crippen LogP contribution is -2.53. The summed E-state index contributed by atoms with van der Waals surface area (Å²) in [7, 11) is 1.52. The van der Waals surface area contributed by atoms with Crippen LogP contribution < -0.4 is 5.32 Å². The van der Waals surface area contributed by atoms with Gasteiger partial charge in [-0.3, -0.25) is 4.79 Å². The molecule has 0 radical (unpaired) electrons. The standard InChI is InChI=1S/C14H20ClN3O3/c1-10-4-3-7-14(8-10,9-15)16-13(19)11-5-6-12(17(11)2)18(20)21/h5-6,10H,3-4,7-9H2,1-2H3,(H,16,19). The summed E-state index contributed by atoms with van der Waals surface area (Å²) in [4.78, 5) is 22.8. The Morgan fingerprint density at radius 3 is 2.86 bits per heavy atom. The molecule has 1 saturated carbocycles. The van der Waals surface area contributed by atoms with Crippen molar-refractivity contribution in [2.24, 2.45) is 13.0 Å². The third kappa shape index (κ3) is 3.20. The summed E-state index contributed by atoms with van der Waals surface area (Å²) in [5.74, 6) is 0.466. The molecule has 1 amide bonds. The Labute approximate surface area is 128 Å². The molecule has 1 aliphatic rings. The van der Waals surface area contributed by atoms with Gasteiger partial charge < -0.3 is 15.4 Å². The fourth-order valence-electron chi connectivity index (χ4n) is 3.15. The van der Waals surface area contributed by atoms with Crippen LogP contribution in [-0.4, -0.2) is 26.8 Å². The Hall–Kier alpha value is -1.56. The molecule has 2 atom stereocenters. The minimum Gasteiger partial charge on any atom is -0.358 e. The number of rotatable bonds is 4. The smallest absolute Gasteiger partial charge is 0.323 e. The predicted octanol–water partition coefficient (Wildman–Crippen LogP) is 2.85. The van der Waals surface area contributed by atoms with Gasteiger partial charge in [-0.05, 0) is 29.7 Å². The molecule has 0 spiro atoms. The summed E-state index contributed by atoms with van der Waals surface area (Å²) in [5, 5.41) is 13.8. The van der Waals surface area contributed by atoms with Gasteiger partial charge in [-0.25, -0.2) is 4.57 Å². The first-order chi connectivity index (χ1) is 9.88. The molecule has 116 valence electrons. The van der Waals surface area contributed by atoms with Crippen molar-refractivity contribution in [3.05, 3.63) is 27.9 Å². The zero-order chi connectivity index (χ0) is 15.6. The number of nitrogens with one attached hydrogen (secondary N) is 1. The lowest BCUT2D eigenvalue weighted by Gasteiger charge is -2.39. The largest absolute Gasteiger partial charge is 0.358 e. The van der Waals surface area contributed by atoms with E-state index in [2.05, 4.69) is 12.2 Å². The number of aromatic nitrogens is 1. The second-order valence-corrected chi connectivity index (χ2v) is 6.23. The van der Waals surface area contributed by atoms with E-state index in [1.807, 2.05) is 0 Å². The highest BCUT2D eigenvalue weighted by molar-refractivity contribution is 6.19. The van der Waals surface area contributed by atoms with E-state index in [1.165, 1.54) is 23.7 Å². The molecule has 21 heavy (non-hydrogen) atoms. The van der Waals surface area contributed by atoms with E-state index in [0.29, 0.717) is 11.8 Å². The number of amides is 1. The molecule has 0 saturated heterocycles. The van der Waals surface area contributed by atoms with E-state index in [1.54, 1.807) is 0 Å². The Balaban J connectivity index is 2.18. The molecule has 1 aromatic heterocycles. The van der Waals surface area contributed by atoms with E-state index in [-0.39, 0.29) is 17.4 Å². The van der Waals surface area contributed by atoms with E-state index < -0.39 is 10.5 Å². The van der Waals surface area contributed by atoms with E-state index in [0.717, 1.165) is 25.7 Å². The first-order valence-electron chi connectivity index (χ1n) is 7.07. The number of nitrogens with zero attached hydrogens (tertiary/aromatic N) is 2. The van der Waals surface area contributed by atoms with Gasteiger partial charge in [-0.15, -0.1) is 11.6 Å². The molecule has 1 aromatic rings. The summed E-state index contributed by atoms with van der Waals surface area (Å²) in [5.41, 5.74) is -0.126. The molecule has 0 aromatic carbocycles. The highest BCUT2D eigenvalue weighted by Gasteiger charge is 2.37. The summed E-state index contributed by atoms with van der Waals surface area (Å²) < 4.78 is 1.30. The second-order valence-electron chi connectivity index (χ2n) is 5.96. The number of hydrogen-bond acceptors (Lipinski definition) is 3. The van der Waals surface area contributed by atoms with E-state index in [9.17, 15) is 14.9 Å². The molecule has 7 heteroatoms. The van der Waals surface area contributed by atoms with Gasteiger partial charge in [0, 0.05) is 11.9 Å². The molecule has 1 aliphatic carbocycles. The van der Waals surface area contributed by atoms with E-state index in [4.69, 9.17) is 11.6 Å². The van der Waals surface area contributed by atoms with Crippen molar-refractivity contribution >= 4 is 23.3 Å². The fourth-order valence-corrected chi connectivity index (χ4v) is 3.45. The van der Waals surface area contributed by atoms with Crippen LogP contribution in [0.1, 0.15) is 43.1 Å². The van der Waals surface area contributed by atoms with Crippen molar-refractivity contribution in [1.82, 2.24) is 9.88 Å². The Kier molecular flexibility index (Phi) is 4.56. The van der Waals surface area contributed by atoms with Crippen LogP contribution in [0.15, 0.2) is 12.1 Å². The van der Waals surface area contributed by atoms with Gasteiger partial charge in [0.15, 0.2) is 5.69 Å². The Morgan fingerprint density at radius 1 is 1.62 bits per heavy atom. The number of halogens is 1. The molecule has 1 fully saturated rings. The zero-order valence-electron chi connectivity index (χ0n) is 12.3. The lowest BCUT2D eigenvalue weighted by molar-refractivity contribution is -0.391. The minimum atomic E-state index is -0.503. The summed E-state index contributed by atoms with van der Waals surface area (Å²) in [6.07, 6.45) is 3.86. The van der Waals surface area contributed by atoms with Crippen molar-refractivity contribution in [3.63, 3.8) is 0 Å². The van der Waals surface area contributed by atoms with Crippen molar-refractivity contribution < 1.29 is 9.72 Å². The summed E-state index contributed by atoms with van der Waals surface area (Å²) in [6, 6.07) is 2.81. The van der Waals surface area contributed by atoms with Crippen molar-refractivity contribution in [2.45, 2.75) is 38.1 Å². The monoisotopic (exact) mass is 313 g/mol. The van der Waals surface area contributed by atoms with Gasteiger partial charge in [0.2, 0.25) is 0 Å². The molecule has 1 heterocycles. The van der Waals surface area contributed by atoms with E-state index >= 15 is 0 Å². The maximum atomic E-state index is 12.4. The van der Waals surface area contributed by atoms with Crippen LogP contribution in [0.4, 0.5) is 5.82 Å². The molecular formula is C14H20ClN3O3. The van der Waals surface area contributed by atoms with Crippen LogP contribution >= 0.6 is 11.6 Å². The predicted molar refractivity (Wildman–Crippen MR) is 80.6 cm³/mol. The van der Waals surface area contributed by atoms with Gasteiger partial charge in [0.1, 0.15) is 0 Å². The first kappa shape index (κ1) is 15.8. The maximum Gasteiger partial charge on any atom is 0.323 e. The van der Waals surface area contributed by atoms with Gasteiger partial charge in [0.05, 0.1) is 12.6 Å². The van der Waals surface area contributed by atoms with Crippen molar-refractivity contribution in [1.29, 1.82) is 0 Å². The van der Waals surface area contributed by atoms with Gasteiger partial charge in [-0.1, -0.05) is 19.8 Å². The average Bonchev–Trinajstić information content (AvgIpc) is 2.80. The SMILES string of the molecule is CC1CCCC(CCl)(NC(=O)c2ccc([N+](=O)[O-])n2C)C1. The van der Waals surface area contributed by atoms with Crippen molar-refractivity contribution in [3.8, 4) is 0 Å². The highest BCUT2D eigenvalue weighted by atomic mass is 35.5. The molecule has 2 rings (SSSR count). The molecule has 0 aliphatic heterocycles. The molecular weight excluding hydrogens is 294 g/mol. The number of hydrogen-bond donors (Lipinski definition) is 1. The zero-order valence-corrected chi connectivity index (χ0v) is 13.0. The lowest BCUT2D eigenvalue weighted by atomic mass is 9.77. The van der Waals surface area contributed by atoms with Crippen LogP contribution in [0.3, 0.4) is 0 Å². The van der Waals surface area contributed by atoms with Gasteiger partial charge in [-0.2, -0.15) is 0 Å². The number of nitro groups is 1. The normalized spacial score (nSPS) is 25.6. The number of carbonyl (C=O) groups excluding carboxylic acids is 1. The average molecular weight is 314 g/mol. The highest BCUT2D eigenvalue weighted by Crippen LogP contribution is 2.33. The first-order valence-corrected chi connectivity index (χ1v) is 7.60. The molecule has 0 bridgehead atoms. The van der Waals surface area contributed by atoms with Crippen LogP contribution in [-0.2, 0) is 7.05 Å². The second kappa shape index (κ2) is 6.05. The van der Waals surface area contributed by atoms with Crippen LogP contribution in [0.25, 0.3) is 0 Å². The van der Waals surface area contributed by atoms with Gasteiger partial charge in [0.25, 0.3) is 5.91 Å². The molecule has 6 nitrogen and oxygen atoms in total. The summed E-state index contributed by atoms with van der Waals surface area (Å²) in [6.45, 7) is 2.15. The fraction of sp³-hybridized carbons (Fsp3) is 0.643. The Bertz CT molecular complexity index is 558. The van der Waals surface area contributed by atoms with Gasteiger partial charge >= 0.3 is 5.82 Å². The summed E-state index contributed by atoms with van der Waals surface area (Å²) >= 11 is 6.10. The third-order valence-corrected chi connectivity index (χ3v) is 4.75. The molecule has 2 unspecified atom stereocenters. The van der Waals surface area contributed by atoms with Crippen LogP contribution in [0.2, 0.25) is 0 Å². The molecule has 1 N–H and O–H groups in total. The topological polar surface area (TPSA) is 77.2 Å². The number of alkyl halides is 1. The maximum absolute atomic E-state index is 12.4. The van der Waals surface area contributed by atoms with Crippen LogP contribution in [0.5, 0.6) is 0 Å². The third-order valence-electron chi connectivity index (χ3n) is 4.24. The minimum absolute atomic E-state index is 0.0999. The van der Waals surface area contributed by atoms with Crippen molar-refractivity contribution in [2.75, 3.05) is 5.88 Å². The Morgan fingerprint density at radius 2 is 2.33 bits per heavy atom. The quantitative estimate of drug-likeness (QED) is 0.527.